The Morgan fingerprint density at radius 2 is 2.16 bits per heavy atom. The predicted molar refractivity (Wildman–Crippen MR) is 77.6 cm³/mol. The summed E-state index contributed by atoms with van der Waals surface area (Å²) in [7, 11) is -3.63. The lowest BCUT2D eigenvalue weighted by molar-refractivity contribution is 0.498. The zero-order chi connectivity index (χ0) is 14.0. The van der Waals surface area contributed by atoms with Crippen molar-refractivity contribution < 1.29 is 8.42 Å². The van der Waals surface area contributed by atoms with Crippen LogP contribution in [0.2, 0.25) is 5.02 Å². The lowest BCUT2D eigenvalue weighted by atomic mass is 10.1. The van der Waals surface area contributed by atoms with Crippen molar-refractivity contribution in [3.8, 4) is 0 Å². The maximum Gasteiger partial charge on any atom is 0.244 e. The normalized spacial score (nSPS) is 23.7. The Hall–Kier alpha value is -0.780. The lowest BCUT2D eigenvalue weighted by Crippen LogP contribution is -2.29. The quantitative estimate of drug-likeness (QED) is 0.840. The molecule has 0 aliphatic heterocycles. The van der Waals surface area contributed by atoms with Crippen LogP contribution in [0, 0.1) is 11.8 Å². The second-order valence-electron chi connectivity index (χ2n) is 5.29. The second-order valence-corrected chi connectivity index (χ2v) is 7.41. The van der Waals surface area contributed by atoms with Crippen LogP contribution < -0.4 is 10.5 Å². The number of halogens is 1. The van der Waals surface area contributed by atoms with E-state index >= 15 is 0 Å². The molecule has 0 amide bonds. The molecule has 19 heavy (non-hydrogen) atoms. The van der Waals surface area contributed by atoms with Crippen molar-refractivity contribution >= 4 is 27.3 Å². The highest BCUT2D eigenvalue weighted by atomic mass is 35.5. The van der Waals surface area contributed by atoms with Gasteiger partial charge >= 0.3 is 0 Å². The van der Waals surface area contributed by atoms with Crippen LogP contribution in [0.4, 0.5) is 5.69 Å². The first-order valence-electron chi connectivity index (χ1n) is 6.44. The minimum absolute atomic E-state index is 0.0114. The Morgan fingerprint density at radius 3 is 2.74 bits per heavy atom. The summed E-state index contributed by atoms with van der Waals surface area (Å²) in [6, 6.07) is 4.71. The van der Waals surface area contributed by atoms with Crippen LogP contribution >= 0.6 is 11.6 Å². The molecule has 0 aromatic heterocycles. The average Bonchev–Trinajstić information content (AvgIpc) is 2.72. The van der Waals surface area contributed by atoms with Gasteiger partial charge in [-0.25, -0.2) is 13.1 Å². The first-order valence-corrected chi connectivity index (χ1v) is 8.30. The predicted octanol–water partition coefficient (Wildman–Crippen LogP) is 2.64. The van der Waals surface area contributed by atoms with Crippen molar-refractivity contribution in [2.75, 3.05) is 12.3 Å². The van der Waals surface area contributed by atoms with Gasteiger partial charge in [-0.2, -0.15) is 0 Å². The molecule has 1 saturated carbocycles. The van der Waals surface area contributed by atoms with Gasteiger partial charge in [0.25, 0.3) is 0 Å². The van der Waals surface area contributed by atoms with E-state index in [0.29, 0.717) is 18.4 Å². The van der Waals surface area contributed by atoms with Crippen molar-refractivity contribution in [2.24, 2.45) is 11.8 Å². The SMILES string of the molecule is CC1CCC(CNS(=O)(=O)c2c(N)cccc2Cl)C1. The smallest absolute Gasteiger partial charge is 0.244 e. The topological polar surface area (TPSA) is 72.2 Å². The first-order chi connectivity index (χ1) is 8.90. The monoisotopic (exact) mass is 302 g/mol. The molecule has 1 aromatic carbocycles. The van der Waals surface area contributed by atoms with Crippen LogP contribution in [0.5, 0.6) is 0 Å². The minimum atomic E-state index is -3.63. The van der Waals surface area contributed by atoms with E-state index in [1.54, 1.807) is 6.07 Å². The van der Waals surface area contributed by atoms with Crippen molar-refractivity contribution in [2.45, 2.75) is 31.1 Å². The third-order valence-electron chi connectivity index (χ3n) is 3.63. The molecule has 2 unspecified atom stereocenters. The van der Waals surface area contributed by atoms with Crippen LogP contribution in [0.1, 0.15) is 26.2 Å². The van der Waals surface area contributed by atoms with Gasteiger partial charge in [-0.15, -0.1) is 0 Å². The molecule has 3 N–H and O–H groups in total. The molecular formula is C13H19ClN2O2S. The summed E-state index contributed by atoms with van der Waals surface area (Å²) in [6.07, 6.45) is 3.31. The molecule has 0 saturated heterocycles. The van der Waals surface area contributed by atoms with Gasteiger partial charge in [0.2, 0.25) is 10.0 Å². The van der Waals surface area contributed by atoms with E-state index in [-0.39, 0.29) is 15.6 Å². The molecule has 4 nitrogen and oxygen atoms in total. The van der Waals surface area contributed by atoms with Crippen LogP contribution in [0.15, 0.2) is 23.1 Å². The van der Waals surface area contributed by atoms with Gasteiger partial charge in [-0.3, -0.25) is 0 Å². The summed E-state index contributed by atoms with van der Waals surface area (Å²) < 4.78 is 27.1. The molecule has 0 radical (unpaired) electrons. The summed E-state index contributed by atoms with van der Waals surface area (Å²) in [5.74, 6) is 1.09. The van der Waals surface area contributed by atoms with Crippen LogP contribution in [-0.2, 0) is 10.0 Å². The number of hydrogen-bond donors (Lipinski definition) is 2. The first kappa shape index (κ1) is 14.6. The Kier molecular flexibility index (Phi) is 4.38. The molecule has 0 spiro atoms. The number of benzene rings is 1. The molecule has 106 valence electrons. The minimum Gasteiger partial charge on any atom is -0.398 e. The number of anilines is 1. The number of nitrogen functional groups attached to an aromatic ring is 1. The largest absolute Gasteiger partial charge is 0.398 e. The molecular weight excluding hydrogens is 284 g/mol. The summed E-state index contributed by atoms with van der Waals surface area (Å²) in [4.78, 5) is -0.0114. The number of rotatable bonds is 4. The van der Waals surface area contributed by atoms with Gasteiger partial charge in [0.15, 0.2) is 0 Å². The van der Waals surface area contributed by atoms with Gasteiger partial charge in [0, 0.05) is 6.54 Å². The summed E-state index contributed by atoms with van der Waals surface area (Å²) >= 11 is 5.93. The molecule has 1 aliphatic carbocycles. The molecule has 1 aromatic rings. The molecule has 6 heteroatoms. The van der Waals surface area contributed by atoms with Gasteiger partial charge in [-0.1, -0.05) is 31.0 Å². The zero-order valence-corrected chi connectivity index (χ0v) is 12.5. The summed E-state index contributed by atoms with van der Waals surface area (Å²) in [5, 5.41) is 0.160. The van der Waals surface area contributed by atoms with E-state index in [0.717, 1.165) is 12.8 Å². The summed E-state index contributed by atoms with van der Waals surface area (Å²) in [6.45, 7) is 2.65. The van der Waals surface area contributed by atoms with Crippen molar-refractivity contribution in [3.63, 3.8) is 0 Å². The summed E-state index contributed by atoms with van der Waals surface area (Å²) in [5.41, 5.74) is 5.89. The van der Waals surface area contributed by atoms with Gasteiger partial charge < -0.3 is 5.73 Å². The van der Waals surface area contributed by atoms with Gasteiger partial charge in [0.1, 0.15) is 4.90 Å². The second kappa shape index (κ2) is 5.69. The highest BCUT2D eigenvalue weighted by Crippen LogP contribution is 2.31. The average molecular weight is 303 g/mol. The molecule has 1 fully saturated rings. The fourth-order valence-corrected chi connectivity index (χ4v) is 4.41. The van der Waals surface area contributed by atoms with E-state index < -0.39 is 10.0 Å². The third-order valence-corrected chi connectivity index (χ3v) is 5.60. The Labute approximate surface area is 119 Å². The van der Waals surface area contributed by atoms with Crippen LogP contribution in [-0.4, -0.2) is 15.0 Å². The maximum atomic E-state index is 12.2. The Bertz CT molecular complexity index is 540. The number of sulfonamides is 1. The highest BCUT2D eigenvalue weighted by Gasteiger charge is 2.25. The third kappa shape index (κ3) is 3.41. The van der Waals surface area contributed by atoms with Gasteiger partial charge in [0.05, 0.1) is 10.7 Å². The number of nitrogens with two attached hydrogens (primary N) is 1. The van der Waals surface area contributed by atoms with E-state index in [2.05, 4.69) is 11.6 Å². The fraction of sp³-hybridized carbons (Fsp3) is 0.538. The fourth-order valence-electron chi connectivity index (χ4n) is 2.62. The van der Waals surface area contributed by atoms with E-state index in [4.69, 9.17) is 17.3 Å². The maximum absolute atomic E-state index is 12.2. The van der Waals surface area contributed by atoms with Crippen molar-refractivity contribution in [1.82, 2.24) is 4.72 Å². The highest BCUT2D eigenvalue weighted by molar-refractivity contribution is 7.89. The lowest BCUT2D eigenvalue weighted by Gasteiger charge is -2.13. The Balaban J connectivity index is 2.10. The zero-order valence-electron chi connectivity index (χ0n) is 10.9. The molecule has 1 aliphatic rings. The van der Waals surface area contributed by atoms with Gasteiger partial charge in [-0.05, 0) is 36.8 Å². The standard InChI is InChI=1S/C13H19ClN2O2S/c1-9-5-6-10(7-9)8-16-19(17,18)13-11(14)3-2-4-12(13)15/h2-4,9-10,16H,5-8,15H2,1H3. The van der Waals surface area contributed by atoms with E-state index in [1.165, 1.54) is 18.6 Å². The van der Waals surface area contributed by atoms with E-state index in [1.807, 2.05) is 0 Å². The molecule has 2 rings (SSSR count). The molecule has 2 atom stereocenters. The van der Waals surface area contributed by atoms with Crippen LogP contribution in [0.3, 0.4) is 0 Å². The van der Waals surface area contributed by atoms with Crippen molar-refractivity contribution in [1.29, 1.82) is 0 Å². The molecule has 0 bridgehead atoms. The van der Waals surface area contributed by atoms with E-state index in [9.17, 15) is 8.42 Å². The molecule has 0 heterocycles. The van der Waals surface area contributed by atoms with Crippen molar-refractivity contribution in [3.05, 3.63) is 23.2 Å². The number of nitrogens with one attached hydrogen (secondary N) is 1. The number of hydrogen-bond acceptors (Lipinski definition) is 3. The Morgan fingerprint density at radius 1 is 1.42 bits per heavy atom. The van der Waals surface area contributed by atoms with Crippen LogP contribution in [0.25, 0.3) is 0 Å².